The standard InChI is InChI=1S/C16H23BrN2O2/c1-21-16(9-5-2-6-10-16)15-18-13(11-7-3-4-8-11)12(17)14(20)19-15/h11H,2-10H2,1H3,(H,18,19,20). The molecule has 0 saturated heterocycles. The number of nitrogens with zero attached hydrogens (tertiary/aromatic N) is 1. The molecule has 0 spiro atoms. The van der Waals surface area contributed by atoms with Crippen LogP contribution in [0.1, 0.15) is 75.2 Å². The summed E-state index contributed by atoms with van der Waals surface area (Å²) in [4.78, 5) is 20.1. The Morgan fingerprint density at radius 2 is 1.86 bits per heavy atom. The van der Waals surface area contributed by atoms with E-state index in [4.69, 9.17) is 9.72 Å². The first-order chi connectivity index (χ1) is 10.2. The van der Waals surface area contributed by atoms with Crippen molar-refractivity contribution in [2.24, 2.45) is 0 Å². The van der Waals surface area contributed by atoms with Gasteiger partial charge in [-0.3, -0.25) is 4.79 Å². The Hall–Kier alpha value is -0.680. The van der Waals surface area contributed by atoms with E-state index in [1.165, 1.54) is 19.3 Å². The van der Waals surface area contributed by atoms with Crippen LogP contribution in [0.5, 0.6) is 0 Å². The van der Waals surface area contributed by atoms with Gasteiger partial charge in [-0.15, -0.1) is 0 Å². The SMILES string of the molecule is COC1(c2nc(C3CCCC3)c(Br)c(=O)[nH]2)CCCCC1. The predicted octanol–water partition coefficient (Wildman–Crippen LogP) is 4.00. The van der Waals surface area contributed by atoms with Crippen molar-refractivity contribution in [1.82, 2.24) is 9.97 Å². The Balaban J connectivity index is 2.04. The molecule has 0 unspecified atom stereocenters. The average molecular weight is 355 g/mol. The molecule has 0 amide bonds. The number of aromatic nitrogens is 2. The number of hydrogen-bond donors (Lipinski definition) is 1. The van der Waals surface area contributed by atoms with E-state index in [9.17, 15) is 4.79 Å². The molecule has 2 saturated carbocycles. The van der Waals surface area contributed by atoms with E-state index in [0.29, 0.717) is 10.4 Å². The normalized spacial score (nSPS) is 22.6. The third kappa shape index (κ3) is 2.82. The molecule has 3 rings (SSSR count). The topological polar surface area (TPSA) is 55.0 Å². The second kappa shape index (κ2) is 6.21. The zero-order chi connectivity index (χ0) is 14.9. The molecule has 1 heterocycles. The number of nitrogens with one attached hydrogen (secondary N) is 1. The molecular formula is C16H23BrN2O2. The predicted molar refractivity (Wildman–Crippen MR) is 85.5 cm³/mol. The van der Waals surface area contributed by atoms with E-state index in [1.54, 1.807) is 7.11 Å². The maximum atomic E-state index is 12.3. The maximum Gasteiger partial charge on any atom is 0.265 e. The average Bonchev–Trinajstić information content (AvgIpc) is 3.04. The van der Waals surface area contributed by atoms with Crippen LogP contribution in [0.3, 0.4) is 0 Å². The fourth-order valence-electron chi connectivity index (χ4n) is 3.82. The highest BCUT2D eigenvalue weighted by Gasteiger charge is 2.37. The lowest BCUT2D eigenvalue weighted by Gasteiger charge is -2.35. The Bertz CT molecular complexity index is 558. The first kappa shape index (κ1) is 15.2. The van der Waals surface area contributed by atoms with Gasteiger partial charge in [-0.05, 0) is 41.6 Å². The van der Waals surface area contributed by atoms with E-state index in [1.807, 2.05) is 0 Å². The number of hydrogen-bond acceptors (Lipinski definition) is 3. The molecule has 0 radical (unpaired) electrons. The molecule has 0 aliphatic heterocycles. The van der Waals surface area contributed by atoms with Crippen LogP contribution in [0.15, 0.2) is 9.27 Å². The van der Waals surface area contributed by atoms with Gasteiger partial charge in [0.05, 0.1) is 5.69 Å². The van der Waals surface area contributed by atoms with E-state index in [0.717, 1.165) is 50.0 Å². The van der Waals surface area contributed by atoms with Crippen LogP contribution in [0.4, 0.5) is 0 Å². The van der Waals surface area contributed by atoms with Crippen LogP contribution in [0.2, 0.25) is 0 Å². The van der Waals surface area contributed by atoms with Crippen molar-refractivity contribution >= 4 is 15.9 Å². The van der Waals surface area contributed by atoms with Gasteiger partial charge in [-0.25, -0.2) is 4.98 Å². The first-order valence-electron chi connectivity index (χ1n) is 8.01. The fraction of sp³-hybridized carbons (Fsp3) is 0.750. The minimum Gasteiger partial charge on any atom is -0.370 e. The van der Waals surface area contributed by atoms with E-state index in [-0.39, 0.29) is 5.56 Å². The second-order valence-electron chi connectivity index (χ2n) is 6.35. The van der Waals surface area contributed by atoms with Crippen molar-refractivity contribution < 1.29 is 4.74 Å². The van der Waals surface area contributed by atoms with Crippen molar-refractivity contribution in [2.75, 3.05) is 7.11 Å². The summed E-state index contributed by atoms with van der Waals surface area (Å²) in [5.74, 6) is 1.15. The summed E-state index contributed by atoms with van der Waals surface area (Å²) in [5, 5.41) is 0. The van der Waals surface area contributed by atoms with Crippen molar-refractivity contribution in [2.45, 2.75) is 69.3 Å². The summed E-state index contributed by atoms with van der Waals surface area (Å²) in [7, 11) is 1.74. The molecule has 5 heteroatoms. The Labute approximate surface area is 133 Å². The third-order valence-corrected chi connectivity index (χ3v) is 5.88. The summed E-state index contributed by atoms with van der Waals surface area (Å²) in [5.41, 5.74) is 0.475. The van der Waals surface area contributed by atoms with Gasteiger partial charge < -0.3 is 9.72 Å². The molecule has 0 atom stereocenters. The molecule has 0 bridgehead atoms. The van der Waals surface area contributed by atoms with Crippen LogP contribution in [0.25, 0.3) is 0 Å². The van der Waals surface area contributed by atoms with Crippen molar-refractivity contribution in [3.8, 4) is 0 Å². The molecular weight excluding hydrogens is 332 g/mol. The molecule has 4 nitrogen and oxygen atoms in total. The number of halogens is 1. The van der Waals surface area contributed by atoms with Gasteiger partial charge in [-0.1, -0.05) is 32.1 Å². The minimum atomic E-state index is -0.397. The van der Waals surface area contributed by atoms with Gasteiger partial charge in [-0.2, -0.15) is 0 Å². The van der Waals surface area contributed by atoms with Gasteiger partial charge >= 0.3 is 0 Å². The van der Waals surface area contributed by atoms with E-state index >= 15 is 0 Å². The third-order valence-electron chi connectivity index (χ3n) is 5.11. The van der Waals surface area contributed by atoms with Gasteiger partial charge in [0.1, 0.15) is 15.9 Å². The number of ether oxygens (including phenoxy) is 1. The highest BCUT2D eigenvalue weighted by molar-refractivity contribution is 9.10. The zero-order valence-electron chi connectivity index (χ0n) is 12.6. The molecule has 116 valence electrons. The largest absolute Gasteiger partial charge is 0.370 e. The van der Waals surface area contributed by atoms with Gasteiger partial charge in [0.25, 0.3) is 5.56 Å². The summed E-state index contributed by atoms with van der Waals surface area (Å²) < 4.78 is 6.44. The second-order valence-corrected chi connectivity index (χ2v) is 7.15. The van der Waals surface area contributed by atoms with Crippen LogP contribution < -0.4 is 5.56 Å². The van der Waals surface area contributed by atoms with Crippen LogP contribution >= 0.6 is 15.9 Å². The molecule has 1 aromatic heterocycles. The summed E-state index contributed by atoms with van der Waals surface area (Å²) in [6, 6.07) is 0. The number of aromatic amines is 1. The quantitative estimate of drug-likeness (QED) is 0.892. The number of H-pyrrole nitrogens is 1. The lowest BCUT2D eigenvalue weighted by Crippen LogP contribution is -2.36. The van der Waals surface area contributed by atoms with Crippen LogP contribution in [-0.2, 0) is 10.3 Å². The fourth-order valence-corrected chi connectivity index (χ4v) is 4.33. The maximum absolute atomic E-state index is 12.3. The first-order valence-corrected chi connectivity index (χ1v) is 8.81. The van der Waals surface area contributed by atoms with E-state index in [2.05, 4.69) is 20.9 Å². The van der Waals surface area contributed by atoms with Crippen LogP contribution in [0, 0.1) is 0 Å². The Kier molecular flexibility index (Phi) is 4.50. The van der Waals surface area contributed by atoms with Gasteiger partial charge in [0.15, 0.2) is 0 Å². The molecule has 0 aromatic carbocycles. The molecule has 2 aliphatic carbocycles. The molecule has 21 heavy (non-hydrogen) atoms. The van der Waals surface area contributed by atoms with Crippen molar-refractivity contribution in [3.05, 3.63) is 26.3 Å². The summed E-state index contributed by atoms with van der Waals surface area (Å²) in [6.45, 7) is 0. The summed E-state index contributed by atoms with van der Waals surface area (Å²) >= 11 is 3.44. The van der Waals surface area contributed by atoms with Gasteiger partial charge in [0.2, 0.25) is 0 Å². The highest BCUT2D eigenvalue weighted by Crippen LogP contribution is 2.40. The minimum absolute atomic E-state index is 0.0658. The van der Waals surface area contributed by atoms with Crippen LogP contribution in [-0.4, -0.2) is 17.1 Å². The molecule has 2 aliphatic rings. The molecule has 1 N–H and O–H groups in total. The smallest absolute Gasteiger partial charge is 0.265 e. The highest BCUT2D eigenvalue weighted by atomic mass is 79.9. The van der Waals surface area contributed by atoms with Crippen molar-refractivity contribution in [3.63, 3.8) is 0 Å². The Morgan fingerprint density at radius 3 is 2.48 bits per heavy atom. The number of rotatable bonds is 3. The Morgan fingerprint density at radius 1 is 1.19 bits per heavy atom. The zero-order valence-corrected chi connectivity index (χ0v) is 14.2. The van der Waals surface area contributed by atoms with Gasteiger partial charge in [0, 0.05) is 13.0 Å². The summed E-state index contributed by atoms with van der Waals surface area (Å²) in [6.07, 6.45) is 10.1. The molecule has 1 aromatic rings. The number of methoxy groups -OCH3 is 1. The lowest BCUT2D eigenvalue weighted by atomic mass is 9.83. The van der Waals surface area contributed by atoms with Crippen molar-refractivity contribution in [1.29, 1.82) is 0 Å². The van der Waals surface area contributed by atoms with E-state index < -0.39 is 5.60 Å². The lowest BCUT2D eigenvalue weighted by molar-refractivity contribution is -0.0519. The monoisotopic (exact) mass is 354 g/mol. The molecule has 2 fully saturated rings.